The van der Waals surface area contributed by atoms with Crippen molar-refractivity contribution in [2.24, 2.45) is 43.5 Å². The second-order valence-corrected chi connectivity index (χ2v) is 29.1. The Balaban J connectivity index is 0.000000161. The number of amides is 6. The van der Waals surface area contributed by atoms with E-state index in [0.717, 1.165) is 75.6 Å². The molecule has 0 unspecified atom stereocenters. The van der Waals surface area contributed by atoms with Crippen molar-refractivity contribution >= 4 is 79.9 Å². The van der Waals surface area contributed by atoms with Gasteiger partial charge in [0, 0.05) is 92.4 Å². The molecule has 16 rings (SSSR count). The van der Waals surface area contributed by atoms with Crippen molar-refractivity contribution in [3.05, 3.63) is 120 Å². The van der Waals surface area contributed by atoms with E-state index >= 15 is 0 Å². The summed E-state index contributed by atoms with van der Waals surface area (Å²) in [5, 5.41) is 8.10. The van der Waals surface area contributed by atoms with Crippen LogP contribution < -0.4 is 25.8 Å². The number of hydrogen-bond donors (Lipinski definition) is 3. The number of ether oxygens (including phenoxy) is 4. The van der Waals surface area contributed by atoms with Gasteiger partial charge in [-0.1, -0.05) is 12.1 Å². The molecule has 24 nitrogen and oxygen atoms in total. The number of nitrogens with one attached hydrogen (secondary N) is 2. The van der Waals surface area contributed by atoms with Gasteiger partial charge in [-0.25, -0.2) is 29.5 Å². The van der Waals surface area contributed by atoms with Gasteiger partial charge in [0.15, 0.2) is 11.6 Å². The van der Waals surface area contributed by atoms with E-state index in [1.165, 1.54) is 30.6 Å². The van der Waals surface area contributed by atoms with E-state index in [-0.39, 0.29) is 41.8 Å². The van der Waals surface area contributed by atoms with Gasteiger partial charge in [-0.3, -0.25) is 24.1 Å². The number of nitrogens with two attached hydrogens (primary N) is 1. The summed E-state index contributed by atoms with van der Waals surface area (Å²) in [7, 11) is 7.10. The molecule has 4 aliphatic carbocycles. The van der Waals surface area contributed by atoms with Gasteiger partial charge in [0.1, 0.15) is 45.0 Å². The molecule has 7 aliphatic rings. The topological polar surface area (TPSA) is 270 Å². The number of rotatable bonds is 13. The number of alkyl carbamates (subject to hydrolysis) is 2. The first-order valence-corrected chi connectivity index (χ1v) is 33.3. The van der Waals surface area contributed by atoms with Gasteiger partial charge in [0.25, 0.3) is 23.6 Å². The van der Waals surface area contributed by atoms with Gasteiger partial charge in [-0.2, -0.15) is 0 Å². The minimum Gasteiger partial charge on any atom is -0.494 e. The van der Waals surface area contributed by atoms with Gasteiger partial charge in [-0.15, -0.1) is 0 Å². The molecule has 24 heteroatoms. The van der Waals surface area contributed by atoms with Crippen LogP contribution in [0.15, 0.2) is 97.3 Å². The van der Waals surface area contributed by atoms with Crippen molar-refractivity contribution in [3.8, 4) is 34.5 Å². The lowest BCUT2D eigenvalue weighted by molar-refractivity contribution is 0.0379. The largest absolute Gasteiger partial charge is 0.494 e. The van der Waals surface area contributed by atoms with Crippen LogP contribution in [-0.4, -0.2) is 163 Å². The van der Waals surface area contributed by atoms with Crippen LogP contribution in [0.25, 0.3) is 67.2 Å². The number of nitrogens with zero attached hydrogens (tertiary/aromatic N) is 11. The van der Waals surface area contributed by atoms with Gasteiger partial charge in [-0.05, 0) is 165 Å². The molecule has 6 amide bonds. The van der Waals surface area contributed by atoms with Crippen molar-refractivity contribution in [2.45, 2.75) is 141 Å². The highest BCUT2D eigenvalue weighted by molar-refractivity contribution is 6.21. The smallest absolute Gasteiger partial charge is 0.407 e. The molecule has 3 aromatic carbocycles. The summed E-state index contributed by atoms with van der Waals surface area (Å²) in [6.07, 6.45) is 8.54. The summed E-state index contributed by atoms with van der Waals surface area (Å²) in [6.45, 7) is 13.4. The highest BCUT2D eigenvalue weighted by atomic mass is 16.6. The first-order valence-electron chi connectivity index (χ1n) is 33.3. The number of fused-ring (bicyclic) bond motifs is 9. The average molecular weight is 1300 g/mol. The van der Waals surface area contributed by atoms with Gasteiger partial charge < -0.3 is 63.4 Å². The van der Waals surface area contributed by atoms with E-state index in [9.17, 15) is 28.8 Å². The van der Waals surface area contributed by atoms with Crippen LogP contribution in [0.1, 0.15) is 121 Å². The van der Waals surface area contributed by atoms with Gasteiger partial charge in [0.2, 0.25) is 0 Å². The number of carbonyl (C=O) groups excluding carboxylic acids is 6. The number of aryl methyl sites for hydroxylation is 2. The average Bonchev–Trinajstić information content (AvgIpc) is 1.64. The number of hydrogen-bond acceptors (Lipinski definition) is 15. The number of imide groups is 1. The monoisotopic (exact) mass is 1300 g/mol. The number of methoxy groups -OCH3 is 2. The number of likely N-dealkylation sites (tertiary alicyclic amines) is 2. The van der Waals surface area contributed by atoms with Crippen molar-refractivity contribution in [1.82, 2.24) is 63.5 Å². The molecule has 4 bridgehead atoms. The molecule has 9 aromatic rings. The number of pyridine rings is 2. The molecule has 4 saturated carbocycles. The summed E-state index contributed by atoms with van der Waals surface area (Å²) >= 11 is 0. The van der Waals surface area contributed by atoms with Crippen LogP contribution in [0.2, 0.25) is 0 Å². The van der Waals surface area contributed by atoms with E-state index in [4.69, 9.17) is 39.6 Å². The second kappa shape index (κ2) is 23.2. The minimum absolute atomic E-state index is 0.0607. The first kappa shape index (κ1) is 62.3. The molecule has 2 saturated heterocycles. The number of aromatic nitrogens is 8. The zero-order valence-corrected chi connectivity index (χ0v) is 55.7. The summed E-state index contributed by atoms with van der Waals surface area (Å²) in [4.78, 5) is 106. The fraction of sp³-hybridized carbons (Fsp3) is 0.444. The van der Waals surface area contributed by atoms with Crippen molar-refractivity contribution in [3.63, 3.8) is 0 Å². The van der Waals surface area contributed by atoms with E-state index in [2.05, 4.69) is 49.0 Å². The van der Waals surface area contributed by atoms with Crippen LogP contribution in [0, 0.1) is 23.7 Å². The molecule has 96 heavy (non-hydrogen) atoms. The Labute approximate surface area is 554 Å². The van der Waals surface area contributed by atoms with E-state index in [1.54, 1.807) is 87.3 Å². The molecule has 4 N–H and O–H groups in total. The minimum atomic E-state index is -0.741. The third-order valence-electron chi connectivity index (χ3n) is 20.2. The molecular weight excluding hydrogens is 1220 g/mol. The fourth-order valence-electron chi connectivity index (χ4n) is 15.7. The summed E-state index contributed by atoms with van der Waals surface area (Å²) in [6, 6.07) is 23.4. The predicted molar refractivity (Wildman–Crippen MR) is 358 cm³/mol. The lowest BCUT2D eigenvalue weighted by atomic mass is 10.0. The van der Waals surface area contributed by atoms with Crippen LogP contribution in [-0.2, 0) is 36.7 Å². The lowest BCUT2D eigenvalue weighted by Crippen LogP contribution is -2.57. The predicted octanol–water partition coefficient (Wildman–Crippen LogP) is 9.48. The lowest BCUT2D eigenvalue weighted by Gasteiger charge is -2.37. The summed E-state index contributed by atoms with van der Waals surface area (Å²) < 4.78 is 31.4. The Morgan fingerprint density at radius 2 is 1.02 bits per heavy atom. The maximum atomic E-state index is 14.7. The fourth-order valence-corrected chi connectivity index (χ4v) is 15.7. The second-order valence-electron chi connectivity index (χ2n) is 29.1. The summed E-state index contributed by atoms with van der Waals surface area (Å²) in [5.74, 6) is 2.41. The SMILES string of the molecule is COc1cc(C(=O)N2C[C@H]3C[C@H](N)[C@@H]2[C@@H]3NC(=O)OC(C)(C)C)cc2nc(-c3cc4cccnc4n3CC3CC3)n(C)c12.COc1cc(C(=O)N2C[C@H]3C[C@H](N4C(=O)c5ccccc5C4=O)[C@@H]2[C@@H]3NC(=O)OC(C)(C)C)cc2nc(-c3cc4cccnc4n3CC3CC3)n(C)c12. The van der Waals surface area contributed by atoms with Crippen LogP contribution in [0.5, 0.6) is 11.5 Å². The van der Waals surface area contributed by atoms with Gasteiger partial charge >= 0.3 is 12.2 Å². The molecule has 498 valence electrons. The van der Waals surface area contributed by atoms with Crippen LogP contribution in [0.3, 0.4) is 0 Å². The third-order valence-corrected chi connectivity index (χ3v) is 20.2. The molecule has 6 aromatic heterocycles. The quantitative estimate of drug-likeness (QED) is 0.0907. The van der Waals surface area contributed by atoms with E-state index in [1.807, 2.05) is 74.6 Å². The van der Waals surface area contributed by atoms with E-state index < -0.39 is 53.3 Å². The molecule has 3 aliphatic heterocycles. The zero-order chi connectivity index (χ0) is 67.1. The Morgan fingerprint density at radius 3 is 1.46 bits per heavy atom. The van der Waals surface area contributed by atoms with Gasteiger partial charge in [0.05, 0.1) is 78.0 Å². The van der Waals surface area contributed by atoms with E-state index in [0.29, 0.717) is 76.1 Å². The molecular formula is C72H80N14O10. The Bertz CT molecular complexity index is 4660. The Morgan fingerprint density at radius 1 is 0.583 bits per heavy atom. The van der Waals surface area contributed by atoms with Crippen molar-refractivity contribution in [2.75, 3.05) is 27.3 Å². The third kappa shape index (κ3) is 10.9. The standard InChI is InChI=1S/C40H41N7O6.C32H39N7O4/c1-40(2,3)53-39(51)43-31-24-17-28(47-37(49)25-10-6-7-11-26(25)38(47)50)33(31)46(20-24)36(48)23-15-27-32(30(18-23)52-5)44(4)35(42-27)29-16-22-9-8-14-41-34(22)45(29)19-21-12-13-21;1-32(2,3)43-31(41)36-25-20-11-21(33)26(25)39(16-20)30(40)19-12-22-27(24(14-19)42-5)37(4)29(35-22)23-13-18-7-6-10-34-28(18)38(23)15-17-8-9-17/h6-11,14-16,18,21,24,28,31,33H,12-13,17,19-20H2,1-5H3,(H,43,51);6-7,10,12-14,17,20-21,25-26H,8-9,11,15-16,33H2,1-5H3,(H,36,41)/t24-,28+,31-,33-;20-,21+,25-,26-/m11/s1. The normalized spacial score (nSPS) is 22.8. The van der Waals surface area contributed by atoms with Crippen molar-refractivity contribution in [1.29, 1.82) is 0 Å². The highest BCUT2D eigenvalue weighted by Gasteiger charge is 2.60. The first-order chi connectivity index (χ1) is 45.9. The maximum absolute atomic E-state index is 14.7. The van der Waals surface area contributed by atoms with Crippen LogP contribution >= 0.6 is 0 Å². The van der Waals surface area contributed by atoms with Crippen LogP contribution in [0.4, 0.5) is 9.59 Å². The molecule has 0 spiro atoms. The Kier molecular flexibility index (Phi) is 15.1. The summed E-state index contributed by atoms with van der Waals surface area (Å²) in [5.41, 5.74) is 13.3. The highest BCUT2D eigenvalue weighted by Crippen LogP contribution is 2.46. The van der Waals surface area contributed by atoms with Crippen molar-refractivity contribution < 1.29 is 47.7 Å². The number of imidazole rings is 2. The zero-order valence-electron chi connectivity index (χ0n) is 55.7. The molecule has 9 heterocycles. The maximum Gasteiger partial charge on any atom is 0.407 e. The Hall–Kier alpha value is -9.84. The molecule has 0 radical (unpaired) electrons. The number of piperidine rings is 2. The number of benzene rings is 3. The number of carbonyl (C=O) groups is 6. The molecule has 6 fully saturated rings. The molecule has 8 atom stereocenters.